The number of nitro benzene ring substituents is 1. The fourth-order valence-electron chi connectivity index (χ4n) is 2.84. The summed E-state index contributed by atoms with van der Waals surface area (Å²) in [5.41, 5.74) is 1.67. The van der Waals surface area contributed by atoms with Gasteiger partial charge < -0.3 is 14.0 Å². The highest BCUT2D eigenvalue weighted by atomic mass is 32.1. The molecule has 3 rings (SSSR count). The summed E-state index contributed by atoms with van der Waals surface area (Å²) < 4.78 is 12.5. The van der Waals surface area contributed by atoms with Crippen LogP contribution in [-0.4, -0.2) is 42.2 Å². The van der Waals surface area contributed by atoms with Crippen LogP contribution in [0.5, 0.6) is 0 Å². The first kappa shape index (κ1) is 22.1. The highest BCUT2D eigenvalue weighted by Crippen LogP contribution is 2.20. The van der Waals surface area contributed by atoms with E-state index in [2.05, 4.69) is 4.99 Å². The molecule has 0 aliphatic rings. The number of nitro groups is 1. The number of fused-ring (bicyclic) bond motifs is 1. The lowest BCUT2D eigenvalue weighted by atomic mass is 10.2. The molecule has 9 nitrogen and oxygen atoms in total. The monoisotopic (exact) mass is 441 g/mol. The Labute approximate surface area is 181 Å². The molecular weight excluding hydrogens is 422 g/mol. The Morgan fingerprint density at radius 3 is 2.74 bits per heavy atom. The van der Waals surface area contributed by atoms with Crippen LogP contribution in [0.2, 0.25) is 0 Å². The van der Waals surface area contributed by atoms with Gasteiger partial charge in [0.2, 0.25) is 0 Å². The second-order valence-electron chi connectivity index (χ2n) is 6.34. The first-order chi connectivity index (χ1) is 14.9. The molecule has 1 aromatic heterocycles. The van der Waals surface area contributed by atoms with E-state index < -0.39 is 16.8 Å². The van der Waals surface area contributed by atoms with Crippen molar-refractivity contribution in [2.75, 3.05) is 20.8 Å². The minimum Gasteiger partial charge on any atom is -0.465 e. The molecule has 1 amide bonds. The average Bonchev–Trinajstić information content (AvgIpc) is 3.11. The smallest absolute Gasteiger partial charge is 0.337 e. The van der Waals surface area contributed by atoms with Gasteiger partial charge in [0, 0.05) is 31.9 Å². The molecule has 2 aromatic carbocycles. The number of non-ortho nitro benzene ring substituents is 1. The quantitative estimate of drug-likeness (QED) is 0.241. The molecule has 10 heteroatoms. The third kappa shape index (κ3) is 5.30. The summed E-state index contributed by atoms with van der Waals surface area (Å²) in [4.78, 5) is 39.2. The Morgan fingerprint density at radius 1 is 1.23 bits per heavy atom. The molecule has 0 unspecified atom stereocenters. The number of carbonyl (C=O) groups excluding carboxylic acids is 2. The molecule has 0 N–H and O–H groups in total. The van der Waals surface area contributed by atoms with Crippen molar-refractivity contribution in [3.05, 3.63) is 74.6 Å². The number of nitrogens with zero attached hydrogens (tertiary/aromatic N) is 3. The van der Waals surface area contributed by atoms with Crippen LogP contribution >= 0.6 is 11.3 Å². The summed E-state index contributed by atoms with van der Waals surface area (Å²) in [6.45, 7) is 0.879. The lowest BCUT2D eigenvalue weighted by Crippen LogP contribution is -2.18. The first-order valence-corrected chi connectivity index (χ1v) is 9.96. The summed E-state index contributed by atoms with van der Waals surface area (Å²) in [6.07, 6.45) is 2.73. The van der Waals surface area contributed by atoms with Gasteiger partial charge in [-0.25, -0.2) is 4.79 Å². The summed E-state index contributed by atoms with van der Waals surface area (Å²) in [5.74, 6) is -0.967. The number of hydrogen-bond donors (Lipinski definition) is 0. The van der Waals surface area contributed by atoms with E-state index in [4.69, 9.17) is 9.47 Å². The molecule has 0 aliphatic heterocycles. The number of benzene rings is 2. The van der Waals surface area contributed by atoms with Crippen molar-refractivity contribution in [3.63, 3.8) is 0 Å². The van der Waals surface area contributed by atoms with Gasteiger partial charge >= 0.3 is 5.97 Å². The van der Waals surface area contributed by atoms with Crippen molar-refractivity contribution in [2.45, 2.75) is 6.54 Å². The van der Waals surface area contributed by atoms with Gasteiger partial charge in [-0.15, -0.1) is 0 Å². The van der Waals surface area contributed by atoms with Crippen LogP contribution < -0.4 is 4.80 Å². The number of carbonyl (C=O) groups is 2. The molecular formula is C21H19N3O6S. The van der Waals surface area contributed by atoms with Crippen LogP contribution in [-0.2, 0) is 20.8 Å². The topological polar surface area (TPSA) is 113 Å². The summed E-state index contributed by atoms with van der Waals surface area (Å²) in [5, 5.41) is 10.9. The molecule has 160 valence electrons. The Hall–Kier alpha value is -3.63. The minimum absolute atomic E-state index is 0.0603. The third-order valence-corrected chi connectivity index (χ3v) is 5.37. The van der Waals surface area contributed by atoms with Gasteiger partial charge in [0.05, 0.1) is 34.4 Å². The number of hydrogen-bond acceptors (Lipinski definition) is 7. The number of methoxy groups -OCH3 is 2. The Kier molecular flexibility index (Phi) is 7.06. The number of ether oxygens (including phenoxy) is 2. The van der Waals surface area contributed by atoms with Crippen molar-refractivity contribution in [1.82, 2.24) is 4.57 Å². The van der Waals surface area contributed by atoms with Gasteiger partial charge in [-0.3, -0.25) is 14.9 Å². The van der Waals surface area contributed by atoms with Crippen LogP contribution in [0.4, 0.5) is 5.69 Å². The summed E-state index contributed by atoms with van der Waals surface area (Å²) in [6, 6.07) is 11.1. The van der Waals surface area contributed by atoms with E-state index in [-0.39, 0.29) is 5.69 Å². The van der Waals surface area contributed by atoms with E-state index in [0.717, 1.165) is 10.2 Å². The fraction of sp³-hybridized carbons (Fsp3) is 0.190. The molecule has 0 bridgehead atoms. The molecule has 0 spiro atoms. The number of aromatic nitrogens is 1. The number of rotatable bonds is 7. The predicted molar refractivity (Wildman–Crippen MR) is 116 cm³/mol. The largest absolute Gasteiger partial charge is 0.465 e. The molecule has 0 radical (unpaired) electrons. The fourth-order valence-corrected chi connectivity index (χ4v) is 3.94. The predicted octanol–water partition coefficient (Wildman–Crippen LogP) is 3.18. The van der Waals surface area contributed by atoms with E-state index in [0.29, 0.717) is 29.1 Å². The van der Waals surface area contributed by atoms with Crippen molar-refractivity contribution in [2.24, 2.45) is 4.99 Å². The van der Waals surface area contributed by atoms with E-state index in [1.165, 1.54) is 42.7 Å². The van der Waals surface area contributed by atoms with Crippen molar-refractivity contribution in [3.8, 4) is 0 Å². The SMILES string of the molecule is COCCn1c(=NC(=O)/C=C/c2cccc([N+](=O)[O-])c2)sc2cc(C(=O)OC)ccc21. The van der Waals surface area contributed by atoms with Crippen molar-refractivity contribution < 1.29 is 24.0 Å². The van der Waals surface area contributed by atoms with Gasteiger partial charge in [0.15, 0.2) is 4.80 Å². The molecule has 1 heterocycles. The Morgan fingerprint density at radius 2 is 2.03 bits per heavy atom. The van der Waals surface area contributed by atoms with Gasteiger partial charge in [-0.05, 0) is 29.8 Å². The minimum atomic E-state index is -0.516. The Balaban J connectivity index is 1.97. The number of amides is 1. The summed E-state index contributed by atoms with van der Waals surface area (Å²) in [7, 11) is 2.89. The molecule has 0 saturated heterocycles. The lowest BCUT2D eigenvalue weighted by molar-refractivity contribution is -0.384. The molecule has 3 aromatic rings. The van der Waals surface area contributed by atoms with E-state index >= 15 is 0 Å². The number of esters is 1. The van der Waals surface area contributed by atoms with Gasteiger partial charge in [0.25, 0.3) is 11.6 Å². The normalized spacial score (nSPS) is 11.9. The lowest BCUT2D eigenvalue weighted by Gasteiger charge is -2.04. The molecule has 31 heavy (non-hydrogen) atoms. The van der Waals surface area contributed by atoms with Gasteiger partial charge in [-0.2, -0.15) is 4.99 Å². The van der Waals surface area contributed by atoms with Crippen molar-refractivity contribution >= 4 is 45.2 Å². The van der Waals surface area contributed by atoms with E-state index in [9.17, 15) is 19.7 Å². The van der Waals surface area contributed by atoms with Crippen LogP contribution in [0, 0.1) is 10.1 Å². The zero-order chi connectivity index (χ0) is 22.4. The van der Waals surface area contributed by atoms with Crippen LogP contribution in [0.25, 0.3) is 16.3 Å². The highest BCUT2D eigenvalue weighted by Gasteiger charge is 2.12. The van der Waals surface area contributed by atoms with Crippen LogP contribution in [0.1, 0.15) is 15.9 Å². The second-order valence-corrected chi connectivity index (χ2v) is 7.35. The molecule has 0 saturated carbocycles. The molecule has 0 aliphatic carbocycles. The summed E-state index contributed by atoms with van der Waals surface area (Å²) >= 11 is 1.26. The second kappa shape index (κ2) is 9.92. The van der Waals surface area contributed by atoms with Crippen LogP contribution in [0.15, 0.2) is 53.5 Å². The zero-order valence-corrected chi connectivity index (χ0v) is 17.6. The van der Waals surface area contributed by atoms with E-state index in [1.54, 1.807) is 37.4 Å². The van der Waals surface area contributed by atoms with Crippen molar-refractivity contribution in [1.29, 1.82) is 0 Å². The maximum Gasteiger partial charge on any atom is 0.337 e. The average molecular weight is 441 g/mol. The molecule has 0 fully saturated rings. The highest BCUT2D eigenvalue weighted by molar-refractivity contribution is 7.16. The maximum absolute atomic E-state index is 12.4. The maximum atomic E-state index is 12.4. The first-order valence-electron chi connectivity index (χ1n) is 9.15. The Bertz CT molecular complexity index is 1240. The van der Waals surface area contributed by atoms with Gasteiger partial charge in [0.1, 0.15) is 0 Å². The third-order valence-electron chi connectivity index (χ3n) is 4.33. The van der Waals surface area contributed by atoms with Gasteiger partial charge in [-0.1, -0.05) is 23.5 Å². The van der Waals surface area contributed by atoms with Crippen LogP contribution in [0.3, 0.4) is 0 Å². The standard InChI is InChI=1S/C21H19N3O6S/c1-29-11-10-23-17-8-7-15(20(26)30-2)13-18(17)31-21(23)22-19(25)9-6-14-4-3-5-16(12-14)24(27)28/h3-9,12-13H,10-11H2,1-2H3/b9-6+,22-21?. The zero-order valence-electron chi connectivity index (χ0n) is 16.8. The number of thiazole rings is 1. The molecule has 0 atom stereocenters. The van der Waals surface area contributed by atoms with E-state index in [1.807, 2.05) is 4.57 Å².